The summed E-state index contributed by atoms with van der Waals surface area (Å²) in [4.78, 5) is 13.8. The maximum absolute atomic E-state index is 11.0. The number of hydrogen-bond acceptors (Lipinski definition) is 4. The van der Waals surface area contributed by atoms with Crippen molar-refractivity contribution in [3.8, 4) is 6.07 Å². The van der Waals surface area contributed by atoms with Crippen molar-refractivity contribution >= 4 is 18.2 Å². The lowest BCUT2D eigenvalue weighted by Gasteiger charge is -2.01. The molecular formula is C9H8N2O2S. The summed E-state index contributed by atoms with van der Waals surface area (Å²) in [6, 6.07) is 5.15. The van der Waals surface area contributed by atoms with Crippen LogP contribution in [0.4, 0.5) is 0 Å². The van der Waals surface area contributed by atoms with Gasteiger partial charge in [-0.3, -0.25) is 4.79 Å². The van der Waals surface area contributed by atoms with Gasteiger partial charge in [-0.15, -0.1) is 0 Å². The zero-order valence-electron chi connectivity index (χ0n) is 7.53. The summed E-state index contributed by atoms with van der Waals surface area (Å²) in [5.41, 5.74) is 0.899. The molecule has 0 saturated carbocycles. The lowest BCUT2D eigenvalue weighted by molar-refractivity contribution is -0.139. The highest BCUT2D eigenvalue weighted by atomic mass is 32.1. The second-order valence-corrected chi connectivity index (χ2v) is 3.02. The van der Waals surface area contributed by atoms with E-state index in [1.54, 1.807) is 12.1 Å². The largest absolute Gasteiger partial charge is 0.469 e. The van der Waals surface area contributed by atoms with E-state index in [1.807, 2.05) is 6.07 Å². The predicted octanol–water partition coefficient (Wildman–Crippen LogP) is 1.33. The van der Waals surface area contributed by atoms with Gasteiger partial charge < -0.3 is 9.72 Å². The molecule has 0 aromatic carbocycles. The van der Waals surface area contributed by atoms with Crippen LogP contribution in [0, 0.1) is 16.0 Å². The Bertz CT molecular complexity index is 445. The van der Waals surface area contributed by atoms with Crippen LogP contribution in [0.15, 0.2) is 12.1 Å². The zero-order chi connectivity index (χ0) is 10.6. The van der Waals surface area contributed by atoms with E-state index in [2.05, 4.69) is 9.72 Å². The number of ether oxygens (including phenoxy) is 1. The van der Waals surface area contributed by atoms with Crippen molar-refractivity contribution in [3.63, 3.8) is 0 Å². The van der Waals surface area contributed by atoms with Crippen molar-refractivity contribution in [3.05, 3.63) is 28.0 Å². The van der Waals surface area contributed by atoms with Gasteiger partial charge in [0.25, 0.3) is 0 Å². The first-order valence-corrected chi connectivity index (χ1v) is 4.27. The molecule has 1 aromatic heterocycles. The van der Waals surface area contributed by atoms with Gasteiger partial charge in [-0.05, 0) is 12.1 Å². The van der Waals surface area contributed by atoms with Crippen molar-refractivity contribution in [2.75, 3.05) is 7.11 Å². The molecule has 72 valence electrons. The minimum Gasteiger partial charge on any atom is -0.469 e. The average molecular weight is 208 g/mol. The van der Waals surface area contributed by atoms with E-state index in [0.29, 0.717) is 15.9 Å². The Labute approximate surface area is 86.1 Å². The number of aromatic amines is 1. The SMILES string of the molecule is COC(=O)Cc1[nH]c(=S)ccc1C#N. The van der Waals surface area contributed by atoms with Crippen molar-refractivity contribution in [2.45, 2.75) is 6.42 Å². The van der Waals surface area contributed by atoms with E-state index in [9.17, 15) is 4.79 Å². The number of methoxy groups -OCH3 is 1. The van der Waals surface area contributed by atoms with Crippen molar-refractivity contribution < 1.29 is 9.53 Å². The summed E-state index contributed by atoms with van der Waals surface area (Å²) in [5, 5.41) is 8.74. The molecule has 0 radical (unpaired) electrons. The molecule has 14 heavy (non-hydrogen) atoms. The standard InChI is InChI=1S/C9H8N2O2S/c1-13-9(12)4-7-6(5-10)2-3-8(14)11-7/h2-3H,4H2,1H3,(H,11,14). The molecule has 0 aliphatic rings. The molecule has 0 spiro atoms. The van der Waals surface area contributed by atoms with E-state index in [4.69, 9.17) is 17.5 Å². The first-order valence-electron chi connectivity index (χ1n) is 3.86. The van der Waals surface area contributed by atoms with Crippen molar-refractivity contribution in [2.24, 2.45) is 0 Å². The van der Waals surface area contributed by atoms with Crippen LogP contribution < -0.4 is 0 Å². The number of rotatable bonds is 2. The molecule has 0 atom stereocenters. The fourth-order valence-corrected chi connectivity index (χ4v) is 1.17. The summed E-state index contributed by atoms with van der Waals surface area (Å²) >= 11 is 4.88. The molecule has 0 aliphatic heterocycles. The minimum atomic E-state index is -0.404. The molecule has 1 N–H and O–H groups in total. The number of carbonyl (C=O) groups excluding carboxylic acids is 1. The summed E-state index contributed by atoms with van der Waals surface area (Å²) in [6.07, 6.45) is 0.0316. The molecule has 0 aliphatic carbocycles. The average Bonchev–Trinajstić information content (AvgIpc) is 2.18. The maximum Gasteiger partial charge on any atom is 0.311 e. The van der Waals surface area contributed by atoms with Gasteiger partial charge >= 0.3 is 5.97 Å². The van der Waals surface area contributed by atoms with Gasteiger partial charge in [-0.25, -0.2) is 0 Å². The Balaban J connectivity index is 3.06. The number of nitrogens with zero attached hydrogens (tertiary/aromatic N) is 1. The lowest BCUT2D eigenvalue weighted by Crippen LogP contribution is -2.07. The van der Waals surface area contributed by atoms with Gasteiger partial charge in [0.2, 0.25) is 0 Å². The van der Waals surface area contributed by atoms with Gasteiger partial charge in [0, 0.05) is 5.69 Å². The highest BCUT2D eigenvalue weighted by Gasteiger charge is 2.07. The number of hydrogen-bond donors (Lipinski definition) is 1. The van der Waals surface area contributed by atoms with E-state index in [1.165, 1.54) is 7.11 Å². The predicted molar refractivity (Wildman–Crippen MR) is 52.1 cm³/mol. The molecule has 4 nitrogen and oxygen atoms in total. The van der Waals surface area contributed by atoms with Gasteiger partial charge in [-0.1, -0.05) is 12.2 Å². The second kappa shape index (κ2) is 4.53. The summed E-state index contributed by atoms with van der Waals surface area (Å²) < 4.78 is 4.98. The van der Waals surface area contributed by atoms with Crippen LogP contribution in [0.5, 0.6) is 0 Å². The molecule has 0 amide bonds. The van der Waals surface area contributed by atoms with Gasteiger partial charge in [0.1, 0.15) is 10.7 Å². The first kappa shape index (κ1) is 10.4. The molecule has 0 unspecified atom stereocenters. The fourth-order valence-electron chi connectivity index (χ4n) is 0.978. The number of nitrogens with one attached hydrogen (secondary N) is 1. The monoisotopic (exact) mass is 208 g/mol. The zero-order valence-corrected chi connectivity index (χ0v) is 8.35. The van der Waals surface area contributed by atoms with Gasteiger partial charge in [0.15, 0.2) is 0 Å². The number of aromatic nitrogens is 1. The Morgan fingerprint density at radius 1 is 1.71 bits per heavy atom. The van der Waals surface area contributed by atoms with Crippen LogP contribution in [0.2, 0.25) is 0 Å². The van der Waals surface area contributed by atoms with Crippen LogP contribution in [0.3, 0.4) is 0 Å². The van der Waals surface area contributed by atoms with E-state index in [0.717, 1.165) is 0 Å². The topological polar surface area (TPSA) is 65.9 Å². The van der Waals surface area contributed by atoms with Crippen LogP contribution in [-0.4, -0.2) is 18.1 Å². The Hall–Kier alpha value is -1.67. The Morgan fingerprint density at radius 2 is 2.43 bits per heavy atom. The van der Waals surface area contributed by atoms with Crippen molar-refractivity contribution in [1.29, 1.82) is 5.26 Å². The summed E-state index contributed by atoms with van der Waals surface area (Å²) in [5.74, 6) is -0.404. The van der Waals surface area contributed by atoms with Crippen LogP contribution in [0.25, 0.3) is 0 Å². The number of esters is 1. The van der Waals surface area contributed by atoms with Crippen molar-refractivity contribution in [1.82, 2.24) is 4.98 Å². The third kappa shape index (κ3) is 2.41. The first-order chi connectivity index (χ1) is 6.67. The quantitative estimate of drug-likeness (QED) is 0.588. The normalized spacial score (nSPS) is 9.14. The summed E-state index contributed by atoms with van der Waals surface area (Å²) in [6.45, 7) is 0. The highest BCUT2D eigenvalue weighted by Crippen LogP contribution is 2.06. The summed E-state index contributed by atoms with van der Waals surface area (Å²) in [7, 11) is 1.30. The highest BCUT2D eigenvalue weighted by molar-refractivity contribution is 7.71. The van der Waals surface area contributed by atoms with Crippen LogP contribution in [-0.2, 0) is 16.0 Å². The molecule has 1 aromatic rings. The number of nitriles is 1. The number of carbonyl (C=O) groups is 1. The Kier molecular flexibility index (Phi) is 3.37. The third-order valence-electron chi connectivity index (χ3n) is 1.67. The van der Waals surface area contributed by atoms with E-state index >= 15 is 0 Å². The van der Waals surface area contributed by atoms with Gasteiger partial charge in [0.05, 0.1) is 19.1 Å². The third-order valence-corrected chi connectivity index (χ3v) is 1.91. The van der Waals surface area contributed by atoms with E-state index < -0.39 is 5.97 Å². The van der Waals surface area contributed by atoms with Gasteiger partial charge in [-0.2, -0.15) is 5.26 Å². The molecule has 1 heterocycles. The maximum atomic E-state index is 11.0. The molecule has 5 heteroatoms. The Morgan fingerprint density at radius 3 is 3.00 bits per heavy atom. The lowest BCUT2D eigenvalue weighted by atomic mass is 10.1. The number of H-pyrrole nitrogens is 1. The molecule has 0 fully saturated rings. The molecule has 0 saturated heterocycles. The molecular weight excluding hydrogens is 200 g/mol. The molecule has 0 bridgehead atoms. The fraction of sp³-hybridized carbons (Fsp3) is 0.222. The van der Waals surface area contributed by atoms with E-state index in [-0.39, 0.29) is 6.42 Å². The minimum absolute atomic E-state index is 0.0316. The smallest absolute Gasteiger partial charge is 0.311 e. The molecule has 1 rings (SSSR count). The van der Waals surface area contributed by atoms with Crippen LogP contribution in [0.1, 0.15) is 11.3 Å². The second-order valence-electron chi connectivity index (χ2n) is 2.58. The number of pyridine rings is 1. The van der Waals surface area contributed by atoms with Crippen LogP contribution >= 0.6 is 12.2 Å².